The molecule has 3 rings (SSSR count). The van der Waals surface area contributed by atoms with Crippen LogP contribution in [0.4, 0.5) is 4.79 Å². The van der Waals surface area contributed by atoms with Gasteiger partial charge in [0.2, 0.25) is 10.0 Å². The topological polar surface area (TPSA) is 96.0 Å². The highest BCUT2D eigenvalue weighted by Crippen LogP contribution is 2.22. The fraction of sp³-hybridized carbons (Fsp3) is 0.481. The maximum absolute atomic E-state index is 12.5. The first-order valence-electron chi connectivity index (χ1n) is 12.4. The Morgan fingerprint density at radius 1 is 1.03 bits per heavy atom. The lowest BCUT2D eigenvalue weighted by molar-refractivity contribution is 0.0138. The number of nitrogens with zero attached hydrogens (tertiary/aromatic N) is 2. The van der Waals surface area contributed by atoms with Gasteiger partial charge < -0.3 is 9.64 Å². The van der Waals surface area contributed by atoms with E-state index in [0.717, 1.165) is 37.6 Å². The molecule has 8 nitrogen and oxygen atoms in total. The predicted octanol–water partition coefficient (Wildman–Crippen LogP) is 4.47. The molecule has 1 aliphatic rings. The number of ether oxygens (including phenoxy) is 1. The molecule has 1 aliphatic heterocycles. The lowest BCUT2D eigenvalue weighted by Crippen LogP contribution is -2.48. The molecule has 2 aromatic rings. The summed E-state index contributed by atoms with van der Waals surface area (Å²) in [6.07, 6.45) is 3.18. The number of likely N-dealkylation sites (tertiary alicyclic amines) is 1. The van der Waals surface area contributed by atoms with Crippen LogP contribution in [0.15, 0.2) is 48.5 Å². The van der Waals surface area contributed by atoms with Gasteiger partial charge in [0.25, 0.3) is 5.91 Å². The van der Waals surface area contributed by atoms with Gasteiger partial charge in [-0.1, -0.05) is 35.9 Å². The molecule has 1 saturated heterocycles. The third-order valence-electron chi connectivity index (χ3n) is 6.11. The van der Waals surface area contributed by atoms with Gasteiger partial charge in [-0.25, -0.2) is 17.9 Å². The SMILES string of the molecule is CC(C)(C)OC(=O)N1CCC(N(CCc2ccc(Cl)cc2)Cc2ccc(C(=O)NS(C)(=O)=O)cc2)CC1. The van der Waals surface area contributed by atoms with E-state index < -0.39 is 21.5 Å². The average molecular weight is 550 g/mol. The largest absolute Gasteiger partial charge is 0.444 e. The molecule has 2 amide bonds. The van der Waals surface area contributed by atoms with Crippen LogP contribution in [0, 0.1) is 0 Å². The van der Waals surface area contributed by atoms with Crippen molar-refractivity contribution in [1.82, 2.24) is 14.5 Å². The van der Waals surface area contributed by atoms with E-state index in [2.05, 4.69) is 4.90 Å². The molecular formula is C27H36ClN3O5S. The molecule has 202 valence electrons. The molecule has 37 heavy (non-hydrogen) atoms. The maximum Gasteiger partial charge on any atom is 0.410 e. The Bertz CT molecular complexity index is 1170. The minimum Gasteiger partial charge on any atom is -0.444 e. The van der Waals surface area contributed by atoms with E-state index in [9.17, 15) is 18.0 Å². The Morgan fingerprint density at radius 2 is 1.59 bits per heavy atom. The van der Waals surface area contributed by atoms with E-state index in [1.807, 2.05) is 61.9 Å². The summed E-state index contributed by atoms with van der Waals surface area (Å²) in [4.78, 5) is 28.8. The highest BCUT2D eigenvalue weighted by Gasteiger charge is 2.29. The Labute approximate surface area is 225 Å². The number of sulfonamides is 1. The fourth-order valence-electron chi connectivity index (χ4n) is 4.28. The highest BCUT2D eigenvalue weighted by atomic mass is 35.5. The summed E-state index contributed by atoms with van der Waals surface area (Å²) in [5.41, 5.74) is 1.96. The molecule has 0 aliphatic carbocycles. The van der Waals surface area contributed by atoms with Gasteiger partial charge in [-0.3, -0.25) is 9.69 Å². The number of carbonyl (C=O) groups excluding carboxylic acids is 2. The van der Waals surface area contributed by atoms with Gasteiger partial charge in [-0.2, -0.15) is 0 Å². The lowest BCUT2D eigenvalue weighted by Gasteiger charge is -2.39. The average Bonchev–Trinajstić information content (AvgIpc) is 2.81. The van der Waals surface area contributed by atoms with Crippen LogP contribution in [0.3, 0.4) is 0 Å². The maximum atomic E-state index is 12.5. The summed E-state index contributed by atoms with van der Waals surface area (Å²) in [6.45, 7) is 8.33. The summed E-state index contributed by atoms with van der Waals surface area (Å²) >= 11 is 6.04. The summed E-state index contributed by atoms with van der Waals surface area (Å²) in [5, 5.41) is 0.704. The van der Waals surface area contributed by atoms with E-state index in [4.69, 9.17) is 16.3 Å². The molecule has 0 bridgehead atoms. The third kappa shape index (κ3) is 9.64. The van der Waals surface area contributed by atoms with Crippen LogP contribution in [0.5, 0.6) is 0 Å². The zero-order valence-corrected chi connectivity index (χ0v) is 23.4. The smallest absolute Gasteiger partial charge is 0.410 e. The number of hydrogen-bond acceptors (Lipinski definition) is 6. The van der Waals surface area contributed by atoms with Crippen LogP contribution in [0.25, 0.3) is 0 Å². The standard InChI is InChI=1S/C27H36ClN3O5S/c1-27(2,3)36-26(33)30-17-14-24(15-18-30)31(16-13-20-7-11-23(28)12-8-20)19-21-5-9-22(10-6-21)25(32)29-37(4,34)35/h5-12,24H,13-19H2,1-4H3,(H,29,32). The number of halogens is 1. The molecule has 0 unspecified atom stereocenters. The van der Waals surface area contributed by atoms with Crippen molar-refractivity contribution in [2.24, 2.45) is 0 Å². The lowest BCUT2D eigenvalue weighted by atomic mass is 10.0. The second-order valence-corrected chi connectivity index (χ2v) is 12.6. The number of rotatable bonds is 8. The van der Waals surface area contributed by atoms with Crippen LogP contribution in [-0.2, 0) is 27.7 Å². The first-order valence-corrected chi connectivity index (χ1v) is 14.6. The first-order chi connectivity index (χ1) is 17.3. The van der Waals surface area contributed by atoms with Crippen LogP contribution in [-0.4, -0.2) is 67.8 Å². The number of hydrogen-bond donors (Lipinski definition) is 1. The second-order valence-electron chi connectivity index (χ2n) is 10.4. The van der Waals surface area contributed by atoms with Crippen molar-refractivity contribution < 1.29 is 22.7 Å². The molecular weight excluding hydrogens is 514 g/mol. The number of amides is 2. The number of carbonyl (C=O) groups is 2. The summed E-state index contributed by atoms with van der Waals surface area (Å²) in [5.74, 6) is -0.650. The highest BCUT2D eigenvalue weighted by molar-refractivity contribution is 7.89. The predicted molar refractivity (Wildman–Crippen MR) is 145 cm³/mol. The summed E-state index contributed by atoms with van der Waals surface area (Å²) < 4.78 is 30.3. The summed E-state index contributed by atoms with van der Waals surface area (Å²) in [7, 11) is -3.63. The third-order valence-corrected chi connectivity index (χ3v) is 6.92. The van der Waals surface area contributed by atoms with Crippen LogP contribution >= 0.6 is 11.6 Å². The molecule has 0 aromatic heterocycles. The van der Waals surface area contributed by atoms with Gasteiger partial charge in [0, 0.05) is 42.8 Å². The van der Waals surface area contributed by atoms with Gasteiger partial charge >= 0.3 is 6.09 Å². The Morgan fingerprint density at radius 3 is 2.14 bits per heavy atom. The molecule has 10 heteroatoms. The van der Waals surface area contributed by atoms with Gasteiger partial charge in [0.05, 0.1) is 6.26 Å². The van der Waals surface area contributed by atoms with Gasteiger partial charge in [-0.05, 0) is 75.4 Å². The van der Waals surface area contributed by atoms with Crippen molar-refractivity contribution in [3.05, 3.63) is 70.2 Å². The van der Waals surface area contributed by atoms with Crippen molar-refractivity contribution in [3.63, 3.8) is 0 Å². The molecule has 1 fully saturated rings. The van der Waals surface area contributed by atoms with E-state index in [-0.39, 0.29) is 17.7 Å². The first kappa shape index (κ1) is 28.9. The Hall–Kier alpha value is -2.62. The van der Waals surface area contributed by atoms with Crippen molar-refractivity contribution in [3.8, 4) is 0 Å². The molecule has 1 N–H and O–H groups in total. The van der Waals surface area contributed by atoms with Crippen LogP contribution in [0.2, 0.25) is 5.02 Å². The molecule has 2 aromatic carbocycles. The monoisotopic (exact) mass is 549 g/mol. The molecule has 0 atom stereocenters. The fourth-order valence-corrected chi connectivity index (χ4v) is 4.86. The minimum atomic E-state index is -3.63. The number of benzene rings is 2. The number of nitrogens with one attached hydrogen (secondary N) is 1. The summed E-state index contributed by atoms with van der Waals surface area (Å²) in [6, 6.07) is 15.1. The molecule has 1 heterocycles. The van der Waals surface area contributed by atoms with Crippen molar-refractivity contribution >= 4 is 33.6 Å². The molecule has 0 radical (unpaired) electrons. The molecule has 0 saturated carbocycles. The zero-order valence-electron chi connectivity index (χ0n) is 21.9. The second kappa shape index (κ2) is 12.3. The number of piperidine rings is 1. The van der Waals surface area contributed by atoms with Crippen LogP contribution in [0.1, 0.15) is 55.1 Å². The van der Waals surface area contributed by atoms with Crippen molar-refractivity contribution in [2.45, 2.75) is 58.2 Å². The quantitative estimate of drug-likeness (QED) is 0.522. The van der Waals surface area contributed by atoms with Gasteiger partial charge in [0.15, 0.2) is 0 Å². The van der Waals surface area contributed by atoms with E-state index in [0.29, 0.717) is 24.7 Å². The van der Waals surface area contributed by atoms with E-state index >= 15 is 0 Å². The van der Waals surface area contributed by atoms with E-state index in [1.165, 1.54) is 5.56 Å². The van der Waals surface area contributed by atoms with Gasteiger partial charge in [-0.15, -0.1) is 0 Å². The normalized spacial score (nSPS) is 15.0. The van der Waals surface area contributed by atoms with Gasteiger partial charge in [0.1, 0.15) is 5.60 Å². The Kier molecular flexibility index (Phi) is 9.61. The van der Waals surface area contributed by atoms with Crippen molar-refractivity contribution in [1.29, 1.82) is 0 Å². The Balaban J connectivity index is 1.68. The van der Waals surface area contributed by atoms with E-state index in [1.54, 1.807) is 17.0 Å². The molecule has 0 spiro atoms. The minimum absolute atomic E-state index is 0.276. The van der Waals surface area contributed by atoms with Crippen molar-refractivity contribution in [2.75, 3.05) is 25.9 Å². The zero-order chi connectivity index (χ0) is 27.2. The van der Waals surface area contributed by atoms with Crippen LogP contribution < -0.4 is 4.72 Å².